The lowest BCUT2D eigenvalue weighted by Crippen LogP contribution is -2.13. The van der Waals surface area contributed by atoms with Crippen molar-refractivity contribution in [3.05, 3.63) is 24.0 Å². The molecular weight excluding hydrogens is 150 g/mol. The van der Waals surface area contributed by atoms with E-state index in [0.29, 0.717) is 0 Å². The van der Waals surface area contributed by atoms with Crippen molar-refractivity contribution in [3.8, 4) is 5.75 Å². The van der Waals surface area contributed by atoms with E-state index in [4.69, 9.17) is 4.74 Å². The van der Waals surface area contributed by atoms with E-state index >= 15 is 0 Å². The average Bonchev–Trinajstić information content (AvgIpc) is 2.03. The van der Waals surface area contributed by atoms with Crippen LogP contribution in [0.15, 0.2) is 12.3 Å². The molecule has 0 aliphatic carbocycles. The van der Waals surface area contributed by atoms with Gasteiger partial charge in [-0.1, -0.05) is 20.8 Å². The van der Waals surface area contributed by atoms with Crippen LogP contribution in [0, 0.1) is 6.20 Å². The lowest BCUT2D eigenvalue weighted by molar-refractivity contribution is 0.396. The van der Waals surface area contributed by atoms with Gasteiger partial charge in [-0.05, 0) is 5.41 Å². The summed E-state index contributed by atoms with van der Waals surface area (Å²) in [4.78, 5) is 3.95. The molecule has 1 aromatic rings. The van der Waals surface area contributed by atoms with E-state index in [-0.39, 0.29) is 5.41 Å². The minimum absolute atomic E-state index is 0.0768. The minimum Gasteiger partial charge on any atom is -0.496 e. The highest BCUT2D eigenvalue weighted by Gasteiger charge is 2.18. The highest BCUT2D eigenvalue weighted by atomic mass is 16.5. The molecule has 0 amide bonds. The van der Waals surface area contributed by atoms with E-state index in [2.05, 4.69) is 32.0 Å². The monoisotopic (exact) mass is 164 g/mol. The summed E-state index contributed by atoms with van der Waals surface area (Å²) < 4.78 is 5.20. The van der Waals surface area contributed by atoms with Crippen LogP contribution in [0.3, 0.4) is 0 Å². The Bertz CT molecular complexity index is 263. The zero-order valence-corrected chi connectivity index (χ0v) is 8.01. The first-order valence-corrected chi connectivity index (χ1v) is 3.96. The van der Waals surface area contributed by atoms with Crippen LogP contribution in [0.1, 0.15) is 26.3 Å². The Hall–Kier alpha value is -1.05. The molecule has 0 atom stereocenters. The van der Waals surface area contributed by atoms with Gasteiger partial charge in [0.15, 0.2) is 0 Å². The SMILES string of the molecule is COc1c[c]ncc1C(C)(C)C. The maximum Gasteiger partial charge on any atom is 0.126 e. The molecule has 2 heteroatoms. The second-order valence-electron chi connectivity index (χ2n) is 3.76. The van der Waals surface area contributed by atoms with Crippen molar-refractivity contribution in [3.63, 3.8) is 0 Å². The summed E-state index contributed by atoms with van der Waals surface area (Å²) in [7, 11) is 1.67. The van der Waals surface area contributed by atoms with Crippen molar-refractivity contribution in [2.24, 2.45) is 0 Å². The largest absolute Gasteiger partial charge is 0.496 e. The van der Waals surface area contributed by atoms with Crippen molar-refractivity contribution >= 4 is 0 Å². The molecule has 0 aromatic carbocycles. The molecule has 2 nitrogen and oxygen atoms in total. The van der Waals surface area contributed by atoms with Crippen molar-refractivity contribution < 1.29 is 4.74 Å². The molecule has 0 saturated carbocycles. The molecule has 0 unspecified atom stereocenters. The summed E-state index contributed by atoms with van der Waals surface area (Å²) in [5, 5.41) is 0. The van der Waals surface area contributed by atoms with Gasteiger partial charge in [-0.15, -0.1) is 0 Å². The van der Waals surface area contributed by atoms with Crippen LogP contribution in [-0.2, 0) is 5.41 Å². The number of rotatable bonds is 1. The first-order chi connectivity index (χ1) is 5.55. The number of methoxy groups -OCH3 is 1. The highest BCUT2D eigenvalue weighted by molar-refractivity contribution is 5.34. The van der Waals surface area contributed by atoms with Gasteiger partial charge in [-0.2, -0.15) is 0 Å². The number of ether oxygens (including phenoxy) is 1. The summed E-state index contributed by atoms with van der Waals surface area (Å²) >= 11 is 0. The summed E-state index contributed by atoms with van der Waals surface area (Å²) in [6, 6.07) is 1.76. The minimum atomic E-state index is 0.0768. The van der Waals surface area contributed by atoms with Crippen molar-refractivity contribution in [1.29, 1.82) is 0 Å². The van der Waals surface area contributed by atoms with Gasteiger partial charge in [0.25, 0.3) is 0 Å². The molecule has 0 saturated heterocycles. The standard InChI is InChI=1S/C10H14NO/c1-10(2,3)8-7-11-6-5-9(8)12-4/h5,7H,1-4H3. The topological polar surface area (TPSA) is 22.1 Å². The maximum absolute atomic E-state index is 5.20. The van der Waals surface area contributed by atoms with Crippen LogP contribution in [0.25, 0.3) is 0 Å². The average molecular weight is 164 g/mol. The number of hydrogen-bond acceptors (Lipinski definition) is 2. The smallest absolute Gasteiger partial charge is 0.126 e. The van der Waals surface area contributed by atoms with E-state index < -0.39 is 0 Å². The first-order valence-electron chi connectivity index (χ1n) is 3.96. The molecule has 0 fully saturated rings. The Balaban J connectivity index is 3.14. The van der Waals surface area contributed by atoms with Crippen LogP contribution in [0.2, 0.25) is 0 Å². The fourth-order valence-corrected chi connectivity index (χ4v) is 1.07. The number of hydrogen-bond donors (Lipinski definition) is 0. The summed E-state index contributed by atoms with van der Waals surface area (Å²) in [5.74, 6) is 0.859. The molecule has 0 aliphatic heterocycles. The molecule has 1 rings (SSSR count). The Kier molecular flexibility index (Phi) is 2.36. The maximum atomic E-state index is 5.20. The molecule has 1 heterocycles. The fraction of sp³-hybridized carbons (Fsp3) is 0.500. The molecule has 0 N–H and O–H groups in total. The van der Waals surface area contributed by atoms with Crippen molar-refractivity contribution in [2.75, 3.05) is 7.11 Å². The van der Waals surface area contributed by atoms with Crippen LogP contribution in [-0.4, -0.2) is 12.1 Å². The first kappa shape index (κ1) is 9.04. The van der Waals surface area contributed by atoms with Gasteiger partial charge in [0, 0.05) is 17.8 Å². The molecule has 1 radical (unpaired) electrons. The van der Waals surface area contributed by atoms with Gasteiger partial charge in [0.1, 0.15) is 5.75 Å². The Morgan fingerprint density at radius 1 is 1.42 bits per heavy atom. The highest BCUT2D eigenvalue weighted by Crippen LogP contribution is 2.29. The zero-order valence-electron chi connectivity index (χ0n) is 8.01. The normalized spacial score (nSPS) is 11.3. The van der Waals surface area contributed by atoms with Gasteiger partial charge in [-0.3, -0.25) is 4.98 Å². The molecule has 0 bridgehead atoms. The van der Waals surface area contributed by atoms with E-state index in [1.54, 1.807) is 19.4 Å². The molecular formula is C10H14NO. The Morgan fingerprint density at radius 3 is 2.50 bits per heavy atom. The zero-order chi connectivity index (χ0) is 9.19. The van der Waals surface area contributed by atoms with Gasteiger partial charge >= 0.3 is 0 Å². The van der Waals surface area contributed by atoms with Crippen LogP contribution < -0.4 is 4.74 Å². The van der Waals surface area contributed by atoms with E-state index in [0.717, 1.165) is 11.3 Å². The molecule has 1 aromatic heterocycles. The molecule has 65 valence electrons. The summed E-state index contributed by atoms with van der Waals surface area (Å²) in [6.07, 6.45) is 4.55. The van der Waals surface area contributed by atoms with Crippen molar-refractivity contribution in [1.82, 2.24) is 4.98 Å². The van der Waals surface area contributed by atoms with Gasteiger partial charge in [0.05, 0.1) is 13.3 Å². The molecule has 12 heavy (non-hydrogen) atoms. The summed E-state index contributed by atoms with van der Waals surface area (Å²) in [5.41, 5.74) is 1.19. The molecule has 0 aliphatic rings. The van der Waals surface area contributed by atoms with E-state index in [1.165, 1.54) is 0 Å². The lowest BCUT2D eigenvalue weighted by atomic mass is 9.88. The van der Waals surface area contributed by atoms with Crippen LogP contribution in [0.5, 0.6) is 5.75 Å². The van der Waals surface area contributed by atoms with Gasteiger partial charge in [-0.25, -0.2) is 0 Å². The van der Waals surface area contributed by atoms with E-state index in [1.807, 2.05) is 0 Å². The van der Waals surface area contributed by atoms with Gasteiger partial charge < -0.3 is 4.74 Å². The number of pyridine rings is 1. The predicted octanol–water partition coefficient (Wildman–Crippen LogP) is 2.19. The Labute approximate surface area is 73.6 Å². The second-order valence-corrected chi connectivity index (χ2v) is 3.76. The van der Waals surface area contributed by atoms with Crippen LogP contribution >= 0.6 is 0 Å². The Morgan fingerprint density at radius 2 is 2.08 bits per heavy atom. The van der Waals surface area contributed by atoms with Crippen molar-refractivity contribution in [2.45, 2.75) is 26.2 Å². The van der Waals surface area contributed by atoms with Gasteiger partial charge in [0.2, 0.25) is 0 Å². The lowest BCUT2D eigenvalue weighted by Gasteiger charge is -2.20. The fourth-order valence-electron chi connectivity index (χ4n) is 1.07. The molecule has 0 spiro atoms. The third kappa shape index (κ3) is 1.76. The predicted molar refractivity (Wildman–Crippen MR) is 48.3 cm³/mol. The number of aromatic nitrogens is 1. The second kappa shape index (κ2) is 3.13. The summed E-state index contributed by atoms with van der Waals surface area (Å²) in [6.45, 7) is 6.39. The third-order valence-electron chi connectivity index (χ3n) is 1.76. The van der Waals surface area contributed by atoms with Crippen LogP contribution in [0.4, 0.5) is 0 Å². The number of nitrogens with zero attached hydrogens (tertiary/aromatic N) is 1. The van der Waals surface area contributed by atoms with E-state index in [9.17, 15) is 0 Å². The quantitative estimate of drug-likeness (QED) is 0.634. The third-order valence-corrected chi connectivity index (χ3v) is 1.76.